The third kappa shape index (κ3) is 2.65. The Kier molecular flexibility index (Phi) is 3.81. The van der Waals surface area contributed by atoms with Crippen LogP contribution in [-0.2, 0) is 6.54 Å². The first-order valence-corrected chi connectivity index (χ1v) is 9.44. The van der Waals surface area contributed by atoms with Crippen LogP contribution in [0.15, 0.2) is 30.9 Å². The highest BCUT2D eigenvalue weighted by Crippen LogP contribution is 2.32. The quantitative estimate of drug-likeness (QED) is 0.554. The van der Waals surface area contributed by atoms with Crippen molar-refractivity contribution in [2.24, 2.45) is 5.92 Å². The van der Waals surface area contributed by atoms with Crippen LogP contribution in [0.1, 0.15) is 31.5 Å². The van der Waals surface area contributed by atoms with Crippen molar-refractivity contribution in [2.45, 2.75) is 39.2 Å². The Hall–Kier alpha value is -2.96. The lowest BCUT2D eigenvalue weighted by molar-refractivity contribution is 0.399. The summed E-state index contributed by atoms with van der Waals surface area (Å²) < 4.78 is 9.55. The lowest BCUT2D eigenvalue weighted by atomic mass is 10.1. The van der Waals surface area contributed by atoms with Gasteiger partial charge in [0.2, 0.25) is 5.88 Å². The number of aromatic nitrogens is 6. The number of imidazole rings is 1. The summed E-state index contributed by atoms with van der Waals surface area (Å²) in [5, 5.41) is 4.28. The number of fused-ring (bicyclic) bond motifs is 2. The zero-order valence-corrected chi connectivity index (χ0v) is 15.6. The zero-order chi connectivity index (χ0) is 18.4. The third-order valence-corrected chi connectivity index (χ3v) is 5.64. The summed E-state index contributed by atoms with van der Waals surface area (Å²) in [6.45, 7) is 3.09. The molecule has 0 bridgehead atoms. The molecule has 0 unspecified atom stereocenters. The molecule has 0 aliphatic heterocycles. The molecule has 1 aliphatic carbocycles. The second-order valence-corrected chi connectivity index (χ2v) is 7.28. The zero-order valence-electron chi connectivity index (χ0n) is 15.6. The molecule has 1 fully saturated rings. The summed E-state index contributed by atoms with van der Waals surface area (Å²) in [7, 11) is 1.63. The van der Waals surface area contributed by atoms with E-state index in [0.717, 1.165) is 46.1 Å². The van der Waals surface area contributed by atoms with Gasteiger partial charge in [0.25, 0.3) is 0 Å². The van der Waals surface area contributed by atoms with Gasteiger partial charge in [-0.3, -0.25) is 0 Å². The Bertz CT molecular complexity index is 1120. The van der Waals surface area contributed by atoms with Crippen molar-refractivity contribution in [1.82, 2.24) is 29.1 Å². The number of hydrogen-bond acceptors (Lipinski definition) is 5. The summed E-state index contributed by atoms with van der Waals surface area (Å²) in [6, 6.07) is 4.21. The molecular weight excluding hydrogens is 340 g/mol. The summed E-state index contributed by atoms with van der Waals surface area (Å²) in [4.78, 5) is 13.5. The van der Waals surface area contributed by atoms with Crippen molar-refractivity contribution in [2.75, 3.05) is 7.11 Å². The summed E-state index contributed by atoms with van der Waals surface area (Å²) >= 11 is 0. The molecule has 7 nitrogen and oxygen atoms in total. The van der Waals surface area contributed by atoms with Gasteiger partial charge in [0, 0.05) is 30.1 Å². The van der Waals surface area contributed by atoms with E-state index in [-0.39, 0.29) is 0 Å². The third-order valence-electron chi connectivity index (χ3n) is 5.64. The van der Waals surface area contributed by atoms with Gasteiger partial charge in [0.15, 0.2) is 5.65 Å². The van der Waals surface area contributed by atoms with Crippen LogP contribution in [0, 0.1) is 12.8 Å². The molecule has 27 heavy (non-hydrogen) atoms. The molecule has 4 aromatic heterocycles. The number of pyridine rings is 1. The van der Waals surface area contributed by atoms with Crippen molar-refractivity contribution in [1.29, 1.82) is 0 Å². The summed E-state index contributed by atoms with van der Waals surface area (Å²) in [6.07, 6.45) is 10.6. The van der Waals surface area contributed by atoms with Crippen LogP contribution in [0.3, 0.4) is 0 Å². The fourth-order valence-electron chi connectivity index (χ4n) is 4.26. The van der Waals surface area contributed by atoms with Crippen LogP contribution in [0.2, 0.25) is 0 Å². The summed E-state index contributed by atoms with van der Waals surface area (Å²) in [5.41, 5.74) is 4.77. The monoisotopic (exact) mass is 362 g/mol. The van der Waals surface area contributed by atoms with E-state index >= 15 is 0 Å². The standard InChI is InChI=1S/C20H22N6O/c1-13-24-19-17(25(13)11-14-5-3-4-6-14)9-15(10-21-19)16-7-8-26-18(16)20(27-2)22-12-23-26/h7-10,12,14H,3-6,11H2,1-2H3. The van der Waals surface area contributed by atoms with Crippen LogP contribution < -0.4 is 4.74 Å². The van der Waals surface area contributed by atoms with Crippen molar-refractivity contribution < 1.29 is 4.74 Å². The molecule has 0 N–H and O–H groups in total. The molecule has 5 rings (SSSR count). The van der Waals surface area contributed by atoms with Gasteiger partial charge in [-0.2, -0.15) is 10.1 Å². The van der Waals surface area contributed by atoms with Gasteiger partial charge in [0.05, 0.1) is 12.6 Å². The number of nitrogens with zero attached hydrogens (tertiary/aromatic N) is 6. The van der Waals surface area contributed by atoms with Crippen molar-refractivity contribution >= 4 is 16.7 Å². The maximum atomic E-state index is 5.44. The van der Waals surface area contributed by atoms with E-state index < -0.39 is 0 Å². The van der Waals surface area contributed by atoms with Gasteiger partial charge in [-0.05, 0) is 37.8 Å². The predicted octanol–water partition coefficient (Wildman–Crippen LogP) is 3.65. The Balaban J connectivity index is 1.64. The van der Waals surface area contributed by atoms with Gasteiger partial charge >= 0.3 is 0 Å². The maximum Gasteiger partial charge on any atom is 0.241 e. The van der Waals surface area contributed by atoms with E-state index in [1.54, 1.807) is 11.6 Å². The minimum Gasteiger partial charge on any atom is -0.479 e. The highest BCUT2D eigenvalue weighted by Gasteiger charge is 2.19. The minimum atomic E-state index is 0.556. The van der Waals surface area contributed by atoms with E-state index in [0.29, 0.717) is 5.88 Å². The Morgan fingerprint density at radius 3 is 2.89 bits per heavy atom. The molecule has 0 atom stereocenters. The number of aryl methyl sites for hydroxylation is 1. The molecular formula is C20H22N6O. The topological polar surface area (TPSA) is 70.1 Å². The fourth-order valence-corrected chi connectivity index (χ4v) is 4.26. The summed E-state index contributed by atoms with van der Waals surface area (Å²) in [5.74, 6) is 2.33. The molecule has 0 radical (unpaired) electrons. The van der Waals surface area contributed by atoms with E-state index in [1.165, 1.54) is 32.0 Å². The Morgan fingerprint density at radius 2 is 2.07 bits per heavy atom. The van der Waals surface area contributed by atoms with Crippen LogP contribution >= 0.6 is 0 Å². The fraction of sp³-hybridized carbons (Fsp3) is 0.400. The second-order valence-electron chi connectivity index (χ2n) is 7.28. The van der Waals surface area contributed by atoms with Gasteiger partial charge in [0.1, 0.15) is 17.7 Å². The largest absolute Gasteiger partial charge is 0.479 e. The molecule has 1 aliphatic rings. The van der Waals surface area contributed by atoms with E-state index in [1.807, 2.05) is 18.5 Å². The average Bonchev–Trinajstić information content (AvgIpc) is 3.41. The average molecular weight is 362 g/mol. The van der Waals surface area contributed by atoms with Crippen LogP contribution in [0.25, 0.3) is 27.8 Å². The maximum absolute atomic E-state index is 5.44. The van der Waals surface area contributed by atoms with Gasteiger partial charge in [-0.1, -0.05) is 12.8 Å². The first-order valence-electron chi connectivity index (χ1n) is 9.44. The number of ether oxygens (including phenoxy) is 1. The lowest BCUT2D eigenvalue weighted by Crippen LogP contribution is -2.08. The van der Waals surface area contributed by atoms with Crippen molar-refractivity contribution in [3.05, 3.63) is 36.7 Å². The normalized spacial score (nSPS) is 15.2. The van der Waals surface area contributed by atoms with Crippen molar-refractivity contribution in [3.63, 3.8) is 0 Å². The molecule has 0 saturated heterocycles. The van der Waals surface area contributed by atoms with Crippen LogP contribution in [0.5, 0.6) is 5.88 Å². The molecule has 138 valence electrons. The predicted molar refractivity (Wildman–Crippen MR) is 103 cm³/mol. The number of methoxy groups -OCH3 is 1. The smallest absolute Gasteiger partial charge is 0.241 e. The molecule has 7 heteroatoms. The van der Waals surface area contributed by atoms with Gasteiger partial charge in [-0.25, -0.2) is 14.5 Å². The second kappa shape index (κ2) is 6.33. The molecule has 4 aromatic rings. The lowest BCUT2D eigenvalue weighted by Gasteiger charge is -2.13. The highest BCUT2D eigenvalue weighted by molar-refractivity contribution is 5.87. The first kappa shape index (κ1) is 16.2. The minimum absolute atomic E-state index is 0.556. The van der Waals surface area contributed by atoms with Crippen LogP contribution in [-0.4, -0.2) is 36.2 Å². The number of hydrogen-bond donors (Lipinski definition) is 0. The SMILES string of the molecule is COc1ncnn2ccc(-c3cnc4nc(C)n(CC5CCCC5)c4c3)c12. The highest BCUT2D eigenvalue weighted by atomic mass is 16.5. The number of rotatable bonds is 4. The van der Waals surface area contributed by atoms with Crippen LogP contribution in [0.4, 0.5) is 0 Å². The molecule has 0 spiro atoms. The molecule has 0 amide bonds. The Labute approximate surface area is 157 Å². The molecule has 4 heterocycles. The first-order chi connectivity index (χ1) is 13.2. The van der Waals surface area contributed by atoms with Gasteiger partial charge in [-0.15, -0.1) is 0 Å². The van der Waals surface area contributed by atoms with Crippen molar-refractivity contribution in [3.8, 4) is 17.0 Å². The molecule has 1 saturated carbocycles. The Morgan fingerprint density at radius 1 is 1.22 bits per heavy atom. The van der Waals surface area contributed by atoms with Gasteiger partial charge < -0.3 is 9.30 Å². The van der Waals surface area contributed by atoms with E-state index in [2.05, 4.69) is 37.6 Å². The van der Waals surface area contributed by atoms with E-state index in [4.69, 9.17) is 4.74 Å². The van der Waals surface area contributed by atoms with E-state index in [9.17, 15) is 0 Å². The molecule has 0 aromatic carbocycles.